The standard InChI is InChI=1S/C21H27N3O10/c1-4-18(27)32-11-17(12-33-19(28)15(2)3)34-21(30)24-20(29)31-10-8-16(23-14-26)7-5-6-9-22-13-25/h4,16-17H,1-2,5-12H2,3H3,(H,24,29,30). The van der Waals surface area contributed by atoms with E-state index in [0.29, 0.717) is 25.8 Å². The van der Waals surface area contributed by atoms with Crippen LogP contribution in [0.5, 0.6) is 0 Å². The first-order valence-corrected chi connectivity index (χ1v) is 10.1. The predicted molar refractivity (Wildman–Crippen MR) is 115 cm³/mol. The predicted octanol–water partition coefficient (Wildman–Crippen LogP) is 1.67. The smallest absolute Gasteiger partial charge is 0.417 e. The van der Waals surface area contributed by atoms with Gasteiger partial charge in [-0.05, 0) is 26.2 Å². The Labute approximate surface area is 195 Å². The highest BCUT2D eigenvalue weighted by Gasteiger charge is 2.21. The van der Waals surface area contributed by atoms with Crippen LogP contribution in [-0.4, -0.2) is 74.8 Å². The lowest BCUT2D eigenvalue weighted by Gasteiger charge is -2.18. The summed E-state index contributed by atoms with van der Waals surface area (Å²) >= 11 is 0. The average molecular weight is 481 g/mol. The van der Waals surface area contributed by atoms with Crippen LogP contribution in [0.15, 0.2) is 34.8 Å². The second kappa shape index (κ2) is 18.5. The first-order chi connectivity index (χ1) is 16.2. The lowest BCUT2D eigenvalue weighted by molar-refractivity contribution is -0.147. The largest absolute Gasteiger partial charge is 0.458 e. The van der Waals surface area contributed by atoms with Crippen LogP contribution < -0.4 is 5.32 Å². The lowest BCUT2D eigenvalue weighted by Crippen LogP contribution is -2.38. The average Bonchev–Trinajstić information content (AvgIpc) is 2.79. The minimum Gasteiger partial charge on any atom is -0.458 e. The van der Waals surface area contributed by atoms with Gasteiger partial charge in [0, 0.05) is 18.1 Å². The van der Waals surface area contributed by atoms with E-state index in [0.717, 1.165) is 6.08 Å². The van der Waals surface area contributed by atoms with E-state index in [2.05, 4.69) is 23.1 Å². The summed E-state index contributed by atoms with van der Waals surface area (Å²) in [4.78, 5) is 74.0. The van der Waals surface area contributed by atoms with Crippen molar-refractivity contribution in [1.29, 1.82) is 0 Å². The molecule has 0 aromatic heterocycles. The van der Waals surface area contributed by atoms with Gasteiger partial charge in [0.05, 0.1) is 19.2 Å². The van der Waals surface area contributed by atoms with E-state index in [1.54, 1.807) is 5.32 Å². The maximum Gasteiger partial charge on any atom is 0.417 e. The topological polar surface area (TPSA) is 176 Å². The zero-order valence-electron chi connectivity index (χ0n) is 18.8. The number of isocyanates is 2. The van der Waals surface area contributed by atoms with Crippen molar-refractivity contribution in [3.8, 4) is 0 Å². The van der Waals surface area contributed by atoms with Crippen LogP contribution in [0.25, 0.3) is 0 Å². The molecule has 13 nitrogen and oxygen atoms in total. The molecule has 2 atom stereocenters. The van der Waals surface area contributed by atoms with Gasteiger partial charge in [-0.3, -0.25) is 0 Å². The van der Waals surface area contributed by atoms with E-state index in [1.165, 1.54) is 19.1 Å². The van der Waals surface area contributed by atoms with E-state index < -0.39 is 49.5 Å². The van der Waals surface area contributed by atoms with Crippen molar-refractivity contribution < 1.29 is 47.7 Å². The van der Waals surface area contributed by atoms with Gasteiger partial charge in [0.1, 0.15) is 13.2 Å². The van der Waals surface area contributed by atoms with E-state index in [1.807, 2.05) is 0 Å². The molecule has 1 N–H and O–H groups in total. The maximum absolute atomic E-state index is 11.9. The summed E-state index contributed by atoms with van der Waals surface area (Å²) in [5.74, 6) is -1.56. The number of hydrogen-bond acceptors (Lipinski definition) is 12. The molecule has 0 aliphatic heterocycles. The van der Waals surface area contributed by atoms with Crippen molar-refractivity contribution in [2.45, 2.75) is 44.8 Å². The third kappa shape index (κ3) is 15.7. The fourth-order valence-corrected chi connectivity index (χ4v) is 2.19. The molecule has 2 unspecified atom stereocenters. The number of esters is 2. The molecule has 0 aromatic rings. The van der Waals surface area contributed by atoms with Crippen LogP contribution in [0.3, 0.4) is 0 Å². The monoisotopic (exact) mass is 481 g/mol. The van der Waals surface area contributed by atoms with Gasteiger partial charge >= 0.3 is 24.1 Å². The highest BCUT2D eigenvalue weighted by molar-refractivity contribution is 5.88. The molecule has 13 heteroatoms. The highest BCUT2D eigenvalue weighted by Crippen LogP contribution is 2.09. The Kier molecular flexibility index (Phi) is 16.3. The molecule has 0 radical (unpaired) electrons. The molecule has 0 heterocycles. The number of ether oxygens (including phenoxy) is 4. The fourth-order valence-electron chi connectivity index (χ4n) is 2.19. The van der Waals surface area contributed by atoms with Gasteiger partial charge < -0.3 is 18.9 Å². The molecule has 34 heavy (non-hydrogen) atoms. The van der Waals surface area contributed by atoms with Crippen LogP contribution in [0.1, 0.15) is 32.6 Å². The molecule has 0 bridgehead atoms. The summed E-state index contributed by atoms with van der Waals surface area (Å²) in [5.41, 5.74) is 0.0987. The van der Waals surface area contributed by atoms with Crippen LogP contribution >= 0.6 is 0 Å². The van der Waals surface area contributed by atoms with Crippen LogP contribution in [-0.2, 0) is 38.1 Å². The molecular formula is C21H27N3O10. The first-order valence-electron chi connectivity index (χ1n) is 10.1. The number of nitrogens with zero attached hydrogens (tertiary/aromatic N) is 2. The molecule has 0 fully saturated rings. The number of amides is 2. The molecule has 186 valence electrons. The van der Waals surface area contributed by atoms with E-state index in [4.69, 9.17) is 18.9 Å². The molecule has 2 amide bonds. The Morgan fingerprint density at radius 1 is 1.00 bits per heavy atom. The first kappa shape index (κ1) is 29.9. The molecule has 0 saturated carbocycles. The second-order valence-electron chi connectivity index (χ2n) is 6.63. The molecule has 0 aliphatic rings. The molecular weight excluding hydrogens is 454 g/mol. The summed E-state index contributed by atoms with van der Waals surface area (Å²) in [7, 11) is 0. The van der Waals surface area contributed by atoms with E-state index >= 15 is 0 Å². The molecule has 0 aromatic carbocycles. The summed E-state index contributed by atoms with van der Waals surface area (Å²) in [6.45, 7) is 7.22. The Morgan fingerprint density at radius 3 is 2.32 bits per heavy atom. The Morgan fingerprint density at radius 2 is 1.71 bits per heavy atom. The zero-order valence-corrected chi connectivity index (χ0v) is 18.8. The third-order valence-electron chi connectivity index (χ3n) is 3.85. The van der Waals surface area contributed by atoms with Gasteiger partial charge in [-0.2, -0.15) is 0 Å². The summed E-state index contributed by atoms with van der Waals surface area (Å²) in [6.07, 6.45) is 2.01. The SMILES string of the molecule is C=CC(=O)OCC(COC(=O)C(=C)C)OC(=O)NC(=O)OCCC(CCCCN=C=O)N=C=O. The number of aliphatic imine (C=N–C) groups is 2. The normalized spacial score (nSPS) is 11.3. The Bertz CT molecular complexity index is 829. The second-order valence-corrected chi connectivity index (χ2v) is 6.63. The number of imide groups is 1. The van der Waals surface area contributed by atoms with Gasteiger partial charge in [0.15, 0.2) is 6.10 Å². The minimum atomic E-state index is -1.24. The number of rotatable bonds is 16. The fraction of sp³-hybridized carbons (Fsp3) is 0.524. The number of nitrogens with one attached hydrogen (secondary N) is 1. The maximum atomic E-state index is 11.9. The quantitative estimate of drug-likeness (QED) is 0.0852. The molecule has 0 spiro atoms. The van der Waals surface area contributed by atoms with Crippen molar-refractivity contribution in [3.63, 3.8) is 0 Å². The van der Waals surface area contributed by atoms with Gasteiger partial charge in [0.25, 0.3) is 0 Å². The van der Waals surface area contributed by atoms with Crippen molar-refractivity contribution in [2.75, 3.05) is 26.4 Å². The lowest BCUT2D eigenvalue weighted by atomic mass is 10.1. The molecule has 0 aliphatic carbocycles. The number of carbonyl (C=O) groups is 4. The van der Waals surface area contributed by atoms with Crippen LogP contribution in [0.4, 0.5) is 9.59 Å². The Hall–Kier alpha value is -4.08. The summed E-state index contributed by atoms with van der Waals surface area (Å²) in [5, 5.41) is 1.80. The minimum absolute atomic E-state index is 0.0987. The van der Waals surface area contributed by atoms with Gasteiger partial charge in [-0.15, -0.1) is 0 Å². The van der Waals surface area contributed by atoms with E-state index in [-0.39, 0.29) is 18.6 Å². The van der Waals surface area contributed by atoms with Gasteiger partial charge in [-0.1, -0.05) is 13.2 Å². The molecule has 0 saturated heterocycles. The van der Waals surface area contributed by atoms with Crippen molar-refractivity contribution >= 4 is 36.3 Å². The van der Waals surface area contributed by atoms with E-state index in [9.17, 15) is 28.8 Å². The van der Waals surface area contributed by atoms with Crippen LogP contribution in [0, 0.1) is 0 Å². The van der Waals surface area contributed by atoms with Crippen molar-refractivity contribution in [3.05, 3.63) is 24.8 Å². The van der Waals surface area contributed by atoms with Crippen molar-refractivity contribution in [1.82, 2.24) is 5.32 Å². The van der Waals surface area contributed by atoms with Gasteiger partial charge in [0.2, 0.25) is 12.2 Å². The van der Waals surface area contributed by atoms with Crippen molar-refractivity contribution in [2.24, 2.45) is 9.98 Å². The summed E-state index contributed by atoms with van der Waals surface area (Å²) in [6, 6.07) is -0.468. The summed E-state index contributed by atoms with van der Waals surface area (Å²) < 4.78 is 19.4. The number of hydrogen-bond donors (Lipinski definition) is 1. The number of alkyl carbamates (subject to hydrolysis) is 2. The van der Waals surface area contributed by atoms with Gasteiger partial charge in [-0.25, -0.2) is 44.1 Å². The third-order valence-corrected chi connectivity index (χ3v) is 3.85. The molecule has 0 rings (SSSR count). The Balaban J connectivity index is 4.55. The zero-order chi connectivity index (χ0) is 25.8. The highest BCUT2D eigenvalue weighted by atomic mass is 16.6. The van der Waals surface area contributed by atoms with Crippen LogP contribution in [0.2, 0.25) is 0 Å². The number of unbranched alkanes of at least 4 members (excludes halogenated alkanes) is 1. The number of carbonyl (C=O) groups excluding carboxylic acids is 6.